The second kappa shape index (κ2) is 5.14. The normalized spacial score (nSPS) is 16.6. The Morgan fingerprint density at radius 1 is 1.59 bits per heavy atom. The number of carbonyl (C=O) groups is 1. The topological polar surface area (TPSA) is 49.3 Å². The van der Waals surface area contributed by atoms with Gasteiger partial charge in [0.15, 0.2) is 0 Å². The molecule has 0 bridgehead atoms. The number of aliphatic hydroxyl groups is 1. The second-order valence-corrected chi connectivity index (χ2v) is 5.07. The molecule has 2 N–H and O–H groups in total. The zero-order chi connectivity index (χ0) is 12.4. The number of rotatable bonds is 4. The first kappa shape index (κ1) is 12.5. The van der Waals surface area contributed by atoms with Gasteiger partial charge in [0.1, 0.15) is 5.82 Å². The van der Waals surface area contributed by atoms with Crippen molar-refractivity contribution in [3.05, 3.63) is 34.1 Å². The van der Waals surface area contributed by atoms with Crippen LogP contribution in [0.4, 0.5) is 4.39 Å². The van der Waals surface area contributed by atoms with Crippen LogP contribution in [0.5, 0.6) is 0 Å². The van der Waals surface area contributed by atoms with Crippen LogP contribution in [0.3, 0.4) is 0 Å². The molecule has 1 saturated carbocycles. The lowest BCUT2D eigenvalue weighted by molar-refractivity contribution is 0.0897. The number of amides is 1. The third-order valence-corrected chi connectivity index (χ3v) is 3.45. The van der Waals surface area contributed by atoms with Crippen LogP contribution in [0.1, 0.15) is 23.2 Å². The Morgan fingerprint density at radius 3 is 2.94 bits per heavy atom. The smallest absolute Gasteiger partial charge is 0.254 e. The lowest BCUT2D eigenvalue weighted by atomic mass is 10.2. The van der Waals surface area contributed by atoms with E-state index in [-0.39, 0.29) is 16.6 Å². The average Bonchev–Trinajstić information content (AvgIpc) is 3.13. The number of nitrogens with one attached hydrogen (secondary N) is 1. The molecule has 2 rings (SSSR count). The van der Waals surface area contributed by atoms with Crippen molar-refractivity contribution >= 4 is 21.8 Å². The Kier molecular flexibility index (Phi) is 3.79. The lowest BCUT2D eigenvalue weighted by Crippen LogP contribution is -2.33. The van der Waals surface area contributed by atoms with E-state index in [4.69, 9.17) is 0 Å². The standard InChI is InChI=1S/C12H13BrFNO2/c13-9-3-1-2-8(11(9)14)12(17)15-6-10(16)7-4-5-7/h1-3,7,10,16H,4-6H2,(H,15,17). The summed E-state index contributed by atoms with van der Waals surface area (Å²) in [6, 6.07) is 4.55. The molecule has 0 spiro atoms. The number of aliphatic hydroxyl groups excluding tert-OH is 1. The highest BCUT2D eigenvalue weighted by molar-refractivity contribution is 9.10. The summed E-state index contributed by atoms with van der Waals surface area (Å²) < 4.78 is 13.8. The minimum absolute atomic E-state index is 0.0117. The Hall–Kier alpha value is -0.940. The van der Waals surface area contributed by atoms with Gasteiger partial charge in [-0.25, -0.2) is 4.39 Å². The molecule has 17 heavy (non-hydrogen) atoms. The Morgan fingerprint density at radius 2 is 2.29 bits per heavy atom. The van der Waals surface area contributed by atoms with Crippen LogP contribution in [0, 0.1) is 11.7 Å². The molecular weight excluding hydrogens is 289 g/mol. The van der Waals surface area contributed by atoms with Crippen molar-refractivity contribution in [2.45, 2.75) is 18.9 Å². The Bertz CT molecular complexity index is 435. The molecule has 1 amide bonds. The number of benzene rings is 1. The summed E-state index contributed by atoms with van der Waals surface area (Å²) in [6.45, 7) is 0.176. The van der Waals surface area contributed by atoms with Gasteiger partial charge in [0.05, 0.1) is 16.1 Å². The number of halogens is 2. The SMILES string of the molecule is O=C(NCC(O)C1CC1)c1cccc(Br)c1F. The van der Waals surface area contributed by atoms with Crippen molar-refractivity contribution in [3.8, 4) is 0 Å². The van der Waals surface area contributed by atoms with E-state index in [1.165, 1.54) is 12.1 Å². The third-order valence-electron chi connectivity index (χ3n) is 2.83. The monoisotopic (exact) mass is 301 g/mol. The fraction of sp³-hybridized carbons (Fsp3) is 0.417. The summed E-state index contributed by atoms with van der Waals surface area (Å²) in [4.78, 5) is 11.7. The van der Waals surface area contributed by atoms with Crippen molar-refractivity contribution in [1.29, 1.82) is 0 Å². The van der Waals surface area contributed by atoms with Crippen LogP contribution in [0.25, 0.3) is 0 Å². The first-order chi connectivity index (χ1) is 8.09. The maximum Gasteiger partial charge on any atom is 0.254 e. The van der Waals surface area contributed by atoms with Crippen molar-refractivity contribution in [3.63, 3.8) is 0 Å². The molecule has 0 heterocycles. The average molecular weight is 302 g/mol. The molecular formula is C12H13BrFNO2. The van der Waals surface area contributed by atoms with Crippen LogP contribution < -0.4 is 5.32 Å². The highest BCUT2D eigenvalue weighted by atomic mass is 79.9. The quantitative estimate of drug-likeness (QED) is 0.895. The molecule has 3 nitrogen and oxygen atoms in total. The molecule has 1 aromatic rings. The largest absolute Gasteiger partial charge is 0.391 e. The minimum atomic E-state index is -0.578. The molecule has 92 valence electrons. The predicted octanol–water partition coefficient (Wildman–Crippen LogP) is 2.09. The van der Waals surface area contributed by atoms with Gasteiger partial charge < -0.3 is 10.4 Å². The van der Waals surface area contributed by atoms with E-state index in [9.17, 15) is 14.3 Å². The molecule has 1 aliphatic rings. The van der Waals surface area contributed by atoms with Gasteiger partial charge in [0.2, 0.25) is 0 Å². The van der Waals surface area contributed by atoms with E-state index in [0.717, 1.165) is 12.8 Å². The molecule has 1 aromatic carbocycles. The van der Waals surface area contributed by atoms with Crippen LogP contribution in [0.2, 0.25) is 0 Å². The van der Waals surface area contributed by atoms with Crippen LogP contribution >= 0.6 is 15.9 Å². The molecule has 5 heteroatoms. The first-order valence-corrected chi connectivity index (χ1v) is 6.29. The summed E-state index contributed by atoms with van der Waals surface area (Å²) in [5, 5.41) is 12.1. The van der Waals surface area contributed by atoms with Crippen molar-refractivity contribution in [2.75, 3.05) is 6.54 Å². The van der Waals surface area contributed by atoms with Gasteiger partial charge >= 0.3 is 0 Å². The number of hydrogen-bond donors (Lipinski definition) is 2. The summed E-state index contributed by atoms with van der Waals surface area (Å²) in [7, 11) is 0. The van der Waals surface area contributed by atoms with E-state index in [2.05, 4.69) is 21.2 Å². The Balaban J connectivity index is 1.96. The molecule has 1 unspecified atom stereocenters. The minimum Gasteiger partial charge on any atom is -0.391 e. The molecule has 1 fully saturated rings. The van der Waals surface area contributed by atoms with Gasteiger partial charge in [-0.3, -0.25) is 4.79 Å². The van der Waals surface area contributed by atoms with E-state index < -0.39 is 17.8 Å². The highest BCUT2D eigenvalue weighted by Gasteiger charge is 2.29. The molecule has 0 aromatic heterocycles. The number of carbonyl (C=O) groups excluding carboxylic acids is 1. The fourth-order valence-electron chi connectivity index (χ4n) is 1.62. The maximum atomic E-state index is 13.6. The zero-order valence-corrected chi connectivity index (χ0v) is 10.7. The van der Waals surface area contributed by atoms with Crippen molar-refractivity contribution in [2.24, 2.45) is 5.92 Å². The van der Waals surface area contributed by atoms with E-state index >= 15 is 0 Å². The Labute approximate surface area is 107 Å². The molecule has 1 aliphatic carbocycles. The summed E-state index contributed by atoms with van der Waals surface area (Å²) in [6.07, 6.45) is 1.49. The second-order valence-electron chi connectivity index (χ2n) is 4.22. The van der Waals surface area contributed by atoms with Crippen molar-refractivity contribution < 1.29 is 14.3 Å². The molecule has 0 aliphatic heterocycles. The maximum absolute atomic E-state index is 13.6. The van der Waals surface area contributed by atoms with Gasteiger partial charge in [-0.1, -0.05) is 6.07 Å². The fourth-order valence-corrected chi connectivity index (χ4v) is 1.99. The zero-order valence-electron chi connectivity index (χ0n) is 9.12. The predicted molar refractivity (Wildman–Crippen MR) is 65.2 cm³/mol. The van der Waals surface area contributed by atoms with Crippen molar-refractivity contribution in [1.82, 2.24) is 5.32 Å². The van der Waals surface area contributed by atoms with Gasteiger partial charge in [0.25, 0.3) is 5.91 Å². The summed E-state index contributed by atoms with van der Waals surface area (Å²) in [5.41, 5.74) is -0.0117. The van der Waals surface area contributed by atoms with Crippen LogP contribution in [-0.2, 0) is 0 Å². The van der Waals surface area contributed by atoms with Gasteiger partial charge in [-0.05, 0) is 46.8 Å². The van der Waals surface area contributed by atoms with Gasteiger partial charge in [0, 0.05) is 6.54 Å². The van der Waals surface area contributed by atoms with E-state index in [1.54, 1.807) is 6.07 Å². The van der Waals surface area contributed by atoms with Gasteiger partial charge in [-0.2, -0.15) is 0 Å². The summed E-state index contributed by atoms with van der Waals surface area (Å²) in [5.74, 6) is -0.780. The number of hydrogen-bond acceptors (Lipinski definition) is 2. The molecule has 1 atom stereocenters. The van der Waals surface area contributed by atoms with Crippen LogP contribution in [0.15, 0.2) is 22.7 Å². The van der Waals surface area contributed by atoms with Gasteiger partial charge in [-0.15, -0.1) is 0 Å². The van der Waals surface area contributed by atoms with Crippen LogP contribution in [-0.4, -0.2) is 23.7 Å². The van der Waals surface area contributed by atoms with E-state index in [1.807, 2.05) is 0 Å². The third kappa shape index (κ3) is 3.04. The first-order valence-electron chi connectivity index (χ1n) is 5.50. The van der Waals surface area contributed by atoms with E-state index in [0.29, 0.717) is 5.92 Å². The lowest BCUT2D eigenvalue weighted by Gasteiger charge is -2.11. The molecule has 0 radical (unpaired) electrons. The molecule has 0 saturated heterocycles. The highest BCUT2D eigenvalue weighted by Crippen LogP contribution is 2.32. The summed E-state index contributed by atoms with van der Waals surface area (Å²) >= 11 is 3.02.